The van der Waals surface area contributed by atoms with Gasteiger partial charge in [-0.2, -0.15) is 0 Å². The maximum Gasteiger partial charge on any atom is 0.230 e. The number of carbonyl (C=O) groups is 1. The lowest BCUT2D eigenvalue weighted by molar-refractivity contribution is -0.132. The predicted octanol–water partition coefficient (Wildman–Crippen LogP) is 0.668. The Bertz CT molecular complexity index is 704. The normalized spacial score (nSPS) is 25.9. The van der Waals surface area contributed by atoms with Gasteiger partial charge < -0.3 is 10.6 Å². The minimum Gasteiger partial charge on any atom is -0.341 e. The van der Waals surface area contributed by atoms with Crippen LogP contribution in [0.25, 0.3) is 0 Å². The van der Waals surface area contributed by atoms with Gasteiger partial charge in [0.2, 0.25) is 15.9 Å². The van der Waals surface area contributed by atoms with Gasteiger partial charge in [0.15, 0.2) is 0 Å². The fraction of sp³-hybridized carbons (Fsp3) is 0.562. The van der Waals surface area contributed by atoms with Crippen LogP contribution < -0.4 is 5.73 Å². The second-order valence-corrected chi connectivity index (χ2v) is 8.35. The number of rotatable bonds is 2. The summed E-state index contributed by atoms with van der Waals surface area (Å²) in [6, 6.07) is 7.75. The number of hydrogen-bond acceptors (Lipinski definition) is 4. The number of fused-ring (bicyclic) bond motifs is 1. The van der Waals surface area contributed by atoms with E-state index in [2.05, 4.69) is 0 Å². The van der Waals surface area contributed by atoms with E-state index in [4.69, 9.17) is 5.73 Å². The van der Waals surface area contributed by atoms with Gasteiger partial charge in [-0.25, -0.2) is 12.7 Å². The van der Waals surface area contributed by atoms with Gasteiger partial charge in [-0.1, -0.05) is 24.3 Å². The molecule has 2 unspecified atom stereocenters. The summed E-state index contributed by atoms with van der Waals surface area (Å²) in [5, 5.41) is 0. The van der Waals surface area contributed by atoms with Crippen LogP contribution in [0.15, 0.2) is 24.3 Å². The zero-order chi connectivity index (χ0) is 16.6. The highest BCUT2D eigenvalue weighted by Crippen LogP contribution is 2.39. The van der Waals surface area contributed by atoms with Crippen molar-refractivity contribution in [3.05, 3.63) is 35.4 Å². The van der Waals surface area contributed by atoms with E-state index in [0.29, 0.717) is 39.0 Å². The molecule has 0 spiro atoms. The SMILES string of the molecule is CS(=O)(=O)N1CCCN(C(=O)C2CC(N)c3ccccc32)CC1. The predicted molar refractivity (Wildman–Crippen MR) is 88.3 cm³/mol. The molecule has 1 heterocycles. The summed E-state index contributed by atoms with van der Waals surface area (Å²) < 4.78 is 24.8. The van der Waals surface area contributed by atoms with E-state index in [1.165, 1.54) is 10.6 Å². The van der Waals surface area contributed by atoms with Crippen molar-refractivity contribution in [2.75, 3.05) is 32.4 Å². The number of carbonyl (C=O) groups excluding carboxylic acids is 1. The second-order valence-electron chi connectivity index (χ2n) is 6.36. The van der Waals surface area contributed by atoms with Gasteiger partial charge in [0.05, 0.1) is 12.2 Å². The van der Waals surface area contributed by atoms with E-state index in [9.17, 15) is 13.2 Å². The summed E-state index contributed by atoms with van der Waals surface area (Å²) in [6.07, 6.45) is 2.51. The van der Waals surface area contributed by atoms with Crippen LogP contribution in [0, 0.1) is 0 Å². The first-order chi connectivity index (χ1) is 10.9. The summed E-state index contributed by atoms with van der Waals surface area (Å²) in [6.45, 7) is 1.88. The molecule has 0 saturated carbocycles. The lowest BCUT2D eigenvalue weighted by atomic mass is 10.00. The third kappa shape index (κ3) is 3.27. The van der Waals surface area contributed by atoms with Crippen LogP contribution in [0.2, 0.25) is 0 Å². The second kappa shape index (κ2) is 6.22. The van der Waals surface area contributed by atoms with E-state index in [0.717, 1.165) is 11.1 Å². The van der Waals surface area contributed by atoms with Crippen molar-refractivity contribution in [2.45, 2.75) is 24.8 Å². The average molecular weight is 337 g/mol. The van der Waals surface area contributed by atoms with Crippen LogP contribution >= 0.6 is 0 Å². The first-order valence-corrected chi connectivity index (χ1v) is 9.81. The lowest BCUT2D eigenvalue weighted by Crippen LogP contribution is -2.38. The highest BCUT2D eigenvalue weighted by molar-refractivity contribution is 7.88. The van der Waals surface area contributed by atoms with Crippen LogP contribution in [0.1, 0.15) is 35.9 Å². The third-order valence-electron chi connectivity index (χ3n) is 4.79. The van der Waals surface area contributed by atoms with Crippen molar-refractivity contribution >= 4 is 15.9 Å². The number of hydrogen-bond donors (Lipinski definition) is 1. The molecule has 0 radical (unpaired) electrons. The van der Waals surface area contributed by atoms with Crippen molar-refractivity contribution < 1.29 is 13.2 Å². The Balaban J connectivity index is 1.75. The molecule has 7 heteroatoms. The molecule has 1 aromatic carbocycles. The minimum absolute atomic E-state index is 0.0701. The number of benzene rings is 1. The summed E-state index contributed by atoms with van der Waals surface area (Å²) >= 11 is 0. The molecule has 1 aliphatic carbocycles. The zero-order valence-electron chi connectivity index (χ0n) is 13.3. The molecule has 2 atom stereocenters. The molecule has 1 fully saturated rings. The molecule has 2 aliphatic rings. The largest absolute Gasteiger partial charge is 0.341 e. The summed E-state index contributed by atoms with van der Waals surface area (Å²) in [7, 11) is -3.20. The Kier molecular flexibility index (Phi) is 4.44. The molecule has 126 valence electrons. The molecule has 2 N–H and O–H groups in total. The number of nitrogens with two attached hydrogens (primary N) is 1. The fourth-order valence-electron chi connectivity index (χ4n) is 3.57. The molecule has 1 aliphatic heterocycles. The van der Waals surface area contributed by atoms with E-state index in [-0.39, 0.29) is 17.9 Å². The Labute approximate surface area is 137 Å². The van der Waals surface area contributed by atoms with E-state index in [1.807, 2.05) is 24.3 Å². The van der Waals surface area contributed by atoms with Crippen LogP contribution in [0.3, 0.4) is 0 Å². The molecule has 0 aromatic heterocycles. The standard InChI is InChI=1S/C16H23N3O3S/c1-23(21,22)19-8-4-7-18(9-10-19)16(20)14-11-15(17)13-6-3-2-5-12(13)14/h2-3,5-6,14-15H,4,7-11,17H2,1H3. The topological polar surface area (TPSA) is 83.7 Å². The number of amides is 1. The first-order valence-electron chi connectivity index (χ1n) is 7.96. The first kappa shape index (κ1) is 16.4. The Morgan fingerprint density at radius 2 is 1.83 bits per heavy atom. The monoisotopic (exact) mass is 337 g/mol. The van der Waals surface area contributed by atoms with Crippen molar-refractivity contribution in [2.24, 2.45) is 5.73 Å². The smallest absolute Gasteiger partial charge is 0.230 e. The van der Waals surface area contributed by atoms with Gasteiger partial charge in [-0.15, -0.1) is 0 Å². The van der Waals surface area contributed by atoms with E-state index < -0.39 is 10.0 Å². The average Bonchev–Trinajstić information content (AvgIpc) is 2.70. The molecule has 3 rings (SSSR count). The third-order valence-corrected chi connectivity index (χ3v) is 6.10. The lowest BCUT2D eigenvalue weighted by Gasteiger charge is -2.24. The Morgan fingerprint density at radius 3 is 2.52 bits per heavy atom. The summed E-state index contributed by atoms with van der Waals surface area (Å²) in [5.74, 6) is -0.133. The van der Waals surface area contributed by atoms with Gasteiger partial charge >= 0.3 is 0 Å². The molecular formula is C16H23N3O3S. The van der Waals surface area contributed by atoms with Gasteiger partial charge in [0, 0.05) is 32.2 Å². The van der Waals surface area contributed by atoms with Crippen LogP contribution in [-0.2, 0) is 14.8 Å². The zero-order valence-corrected chi connectivity index (χ0v) is 14.1. The number of sulfonamides is 1. The quantitative estimate of drug-likeness (QED) is 0.860. The molecule has 0 bridgehead atoms. The Hall–Kier alpha value is -1.44. The maximum absolute atomic E-state index is 12.9. The summed E-state index contributed by atoms with van der Waals surface area (Å²) in [5.41, 5.74) is 8.23. The highest BCUT2D eigenvalue weighted by atomic mass is 32.2. The molecule has 1 saturated heterocycles. The van der Waals surface area contributed by atoms with Gasteiger partial charge in [0.1, 0.15) is 0 Å². The van der Waals surface area contributed by atoms with E-state index in [1.54, 1.807) is 4.90 Å². The van der Waals surface area contributed by atoms with Gasteiger partial charge in [-0.05, 0) is 24.0 Å². The highest BCUT2D eigenvalue weighted by Gasteiger charge is 2.36. The Morgan fingerprint density at radius 1 is 1.13 bits per heavy atom. The fourth-order valence-corrected chi connectivity index (χ4v) is 4.45. The number of nitrogens with zero attached hydrogens (tertiary/aromatic N) is 2. The molecule has 1 amide bonds. The molecule has 23 heavy (non-hydrogen) atoms. The maximum atomic E-state index is 12.9. The molecule has 6 nitrogen and oxygen atoms in total. The van der Waals surface area contributed by atoms with Crippen molar-refractivity contribution in [3.8, 4) is 0 Å². The summed E-state index contributed by atoms with van der Waals surface area (Å²) in [4.78, 5) is 14.7. The van der Waals surface area contributed by atoms with Crippen molar-refractivity contribution in [3.63, 3.8) is 0 Å². The van der Waals surface area contributed by atoms with Gasteiger partial charge in [0.25, 0.3) is 0 Å². The van der Waals surface area contributed by atoms with Crippen LogP contribution in [-0.4, -0.2) is 56.0 Å². The minimum atomic E-state index is -3.20. The molecule has 1 aromatic rings. The van der Waals surface area contributed by atoms with Crippen molar-refractivity contribution in [1.82, 2.24) is 9.21 Å². The van der Waals surface area contributed by atoms with Crippen LogP contribution in [0.4, 0.5) is 0 Å². The van der Waals surface area contributed by atoms with Crippen molar-refractivity contribution in [1.29, 1.82) is 0 Å². The van der Waals surface area contributed by atoms with E-state index >= 15 is 0 Å². The van der Waals surface area contributed by atoms with Gasteiger partial charge in [-0.3, -0.25) is 4.79 Å². The molecular weight excluding hydrogens is 314 g/mol. The van der Waals surface area contributed by atoms with Crippen LogP contribution in [0.5, 0.6) is 0 Å².